The Kier molecular flexibility index (Phi) is 3.43. The number of hydrogen-bond acceptors (Lipinski definition) is 1. The van der Waals surface area contributed by atoms with Crippen molar-refractivity contribution in [3.63, 3.8) is 0 Å². The molecule has 0 aliphatic rings. The van der Waals surface area contributed by atoms with Crippen molar-refractivity contribution in [2.24, 2.45) is 0 Å². The molecule has 0 aliphatic heterocycles. The molecule has 1 rings (SSSR count). The first-order valence-electron chi connectivity index (χ1n) is 4.72. The molecule has 0 spiro atoms. The zero-order valence-electron chi connectivity index (χ0n) is 9.17. The molecule has 0 amide bonds. The summed E-state index contributed by atoms with van der Waals surface area (Å²) in [7, 11) is 0. The van der Waals surface area contributed by atoms with Gasteiger partial charge in [0.1, 0.15) is 5.82 Å². The first-order valence-corrected chi connectivity index (χ1v) is 4.72. The zero-order chi connectivity index (χ0) is 11.5. The van der Waals surface area contributed by atoms with E-state index in [0.29, 0.717) is 11.3 Å². The molecular formula is C12H14FNO. The maximum absolute atomic E-state index is 13.3. The molecule has 0 saturated heterocycles. The maximum Gasteiger partial charge on any atom is 0.187 e. The van der Waals surface area contributed by atoms with Crippen molar-refractivity contribution in [3.8, 4) is 0 Å². The average molecular weight is 207 g/mol. The van der Waals surface area contributed by atoms with Crippen LogP contribution in [-0.2, 0) is 11.3 Å². The molecule has 80 valence electrons. The van der Waals surface area contributed by atoms with Crippen molar-refractivity contribution in [3.05, 3.63) is 41.0 Å². The van der Waals surface area contributed by atoms with Crippen molar-refractivity contribution >= 4 is 5.69 Å². The van der Waals surface area contributed by atoms with E-state index in [-0.39, 0.29) is 18.0 Å². The van der Waals surface area contributed by atoms with E-state index in [2.05, 4.69) is 4.85 Å². The van der Waals surface area contributed by atoms with E-state index < -0.39 is 0 Å². The number of nitrogens with zero attached hydrogens (tertiary/aromatic N) is 1. The second-order valence-electron chi connectivity index (χ2n) is 4.29. The van der Waals surface area contributed by atoms with Gasteiger partial charge < -0.3 is 4.74 Å². The van der Waals surface area contributed by atoms with E-state index in [0.717, 1.165) is 0 Å². The number of hydrogen-bond donors (Lipinski definition) is 0. The van der Waals surface area contributed by atoms with E-state index in [4.69, 9.17) is 11.3 Å². The lowest BCUT2D eigenvalue weighted by Gasteiger charge is -2.19. The van der Waals surface area contributed by atoms with Gasteiger partial charge in [-0.05, 0) is 32.9 Å². The van der Waals surface area contributed by atoms with Crippen LogP contribution in [0.4, 0.5) is 10.1 Å². The number of ether oxygens (including phenoxy) is 1. The normalized spacial score (nSPS) is 11.1. The lowest BCUT2D eigenvalue weighted by Crippen LogP contribution is -2.19. The van der Waals surface area contributed by atoms with Crippen LogP contribution < -0.4 is 0 Å². The molecule has 2 nitrogen and oxygen atoms in total. The summed E-state index contributed by atoms with van der Waals surface area (Å²) in [5, 5.41) is 0. The Balaban J connectivity index is 2.81. The molecular weight excluding hydrogens is 193 g/mol. The summed E-state index contributed by atoms with van der Waals surface area (Å²) < 4.78 is 18.8. The Labute approximate surface area is 89.5 Å². The van der Waals surface area contributed by atoms with Gasteiger partial charge in [0.25, 0.3) is 0 Å². The number of rotatable bonds is 2. The average Bonchev–Trinajstić information content (AvgIpc) is 2.15. The fourth-order valence-electron chi connectivity index (χ4n) is 1.04. The summed E-state index contributed by atoms with van der Waals surface area (Å²) >= 11 is 0. The van der Waals surface area contributed by atoms with Gasteiger partial charge in [-0.2, -0.15) is 0 Å². The smallest absolute Gasteiger partial charge is 0.187 e. The van der Waals surface area contributed by atoms with Gasteiger partial charge in [-0.25, -0.2) is 9.24 Å². The molecule has 0 N–H and O–H groups in total. The minimum atomic E-state index is -0.327. The third-order valence-corrected chi connectivity index (χ3v) is 1.82. The number of halogens is 1. The Morgan fingerprint density at radius 3 is 2.60 bits per heavy atom. The lowest BCUT2D eigenvalue weighted by molar-refractivity contribution is -0.0160. The van der Waals surface area contributed by atoms with Gasteiger partial charge in [0, 0.05) is 5.56 Å². The first kappa shape index (κ1) is 11.7. The van der Waals surface area contributed by atoms with E-state index in [9.17, 15) is 4.39 Å². The zero-order valence-corrected chi connectivity index (χ0v) is 9.17. The SMILES string of the molecule is [C-]#[N+]c1ccc(F)c(COC(C)(C)C)c1. The van der Waals surface area contributed by atoms with Gasteiger partial charge >= 0.3 is 0 Å². The molecule has 1 aromatic rings. The highest BCUT2D eigenvalue weighted by Crippen LogP contribution is 2.20. The van der Waals surface area contributed by atoms with Crippen LogP contribution in [0.15, 0.2) is 18.2 Å². The van der Waals surface area contributed by atoms with Gasteiger partial charge in [0.05, 0.1) is 18.8 Å². The molecule has 0 saturated carbocycles. The van der Waals surface area contributed by atoms with Gasteiger partial charge in [-0.1, -0.05) is 6.07 Å². The molecule has 15 heavy (non-hydrogen) atoms. The topological polar surface area (TPSA) is 13.6 Å². The minimum absolute atomic E-state index is 0.193. The summed E-state index contributed by atoms with van der Waals surface area (Å²) in [5.41, 5.74) is 0.558. The summed E-state index contributed by atoms with van der Waals surface area (Å²) in [4.78, 5) is 3.24. The molecule has 0 unspecified atom stereocenters. The quantitative estimate of drug-likeness (QED) is 0.674. The second kappa shape index (κ2) is 4.41. The van der Waals surface area contributed by atoms with Crippen molar-refractivity contribution in [1.82, 2.24) is 0 Å². The minimum Gasteiger partial charge on any atom is -0.371 e. The van der Waals surface area contributed by atoms with Crippen molar-refractivity contribution in [1.29, 1.82) is 0 Å². The van der Waals surface area contributed by atoms with Gasteiger partial charge in [-0.3, -0.25) is 0 Å². The Morgan fingerprint density at radius 1 is 1.40 bits per heavy atom. The highest BCUT2D eigenvalue weighted by Gasteiger charge is 2.12. The molecule has 0 radical (unpaired) electrons. The fourth-order valence-corrected chi connectivity index (χ4v) is 1.04. The monoisotopic (exact) mass is 207 g/mol. The van der Waals surface area contributed by atoms with Crippen LogP contribution >= 0.6 is 0 Å². The van der Waals surface area contributed by atoms with Crippen LogP contribution in [0, 0.1) is 12.4 Å². The first-order chi connectivity index (χ1) is 6.92. The summed E-state index contributed by atoms with van der Waals surface area (Å²) in [5.74, 6) is -0.327. The third kappa shape index (κ3) is 3.69. The summed E-state index contributed by atoms with van der Waals surface area (Å²) in [6.07, 6.45) is 0. The standard InChI is InChI=1S/C12H14FNO/c1-12(2,3)15-8-9-7-10(14-4)5-6-11(9)13/h5-7H,8H2,1-3H3. The van der Waals surface area contributed by atoms with E-state index in [1.54, 1.807) is 0 Å². The van der Waals surface area contributed by atoms with Crippen LogP contribution in [0.1, 0.15) is 26.3 Å². The molecule has 0 fully saturated rings. The molecule has 0 bridgehead atoms. The predicted molar refractivity (Wildman–Crippen MR) is 57.2 cm³/mol. The molecule has 1 aromatic carbocycles. The Hall–Kier alpha value is -1.40. The molecule has 0 aliphatic carbocycles. The van der Waals surface area contributed by atoms with Gasteiger partial charge in [0.15, 0.2) is 5.69 Å². The Morgan fingerprint density at radius 2 is 2.07 bits per heavy atom. The van der Waals surface area contributed by atoms with Crippen LogP contribution in [-0.4, -0.2) is 5.60 Å². The molecule has 3 heteroatoms. The summed E-state index contributed by atoms with van der Waals surface area (Å²) in [6.45, 7) is 12.7. The number of benzene rings is 1. The fraction of sp³-hybridized carbons (Fsp3) is 0.417. The second-order valence-corrected chi connectivity index (χ2v) is 4.29. The van der Waals surface area contributed by atoms with Crippen LogP contribution in [0.3, 0.4) is 0 Å². The van der Waals surface area contributed by atoms with Crippen molar-refractivity contribution in [2.45, 2.75) is 33.0 Å². The third-order valence-electron chi connectivity index (χ3n) is 1.82. The van der Waals surface area contributed by atoms with Crippen LogP contribution in [0.25, 0.3) is 4.85 Å². The van der Waals surface area contributed by atoms with Crippen molar-refractivity contribution < 1.29 is 9.13 Å². The molecule has 0 aromatic heterocycles. The maximum atomic E-state index is 13.3. The van der Waals surface area contributed by atoms with E-state index >= 15 is 0 Å². The highest BCUT2D eigenvalue weighted by molar-refractivity contribution is 5.46. The predicted octanol–water partition coefficient (Wildman–Crippen LogP) is 3.69. The van der Waals surface area contributed by atoms with Crippen LogP contribution in [0.5, 0.6) is 0 Å². The lowest BCUT2D eigenvalue weighted by atomic mass is 10.1. The highest BCUT2D eigenvalue weighted by atomic mass is 19.1. The summed E-state index contributed by atoms with van der Waals surface area (Å²) in [6, 6.07) is 4.28. The molecule has 0 heterocycles. The van der Waals surface area contributed by atoms with E-state index in [1.165, 1.54) is 18.2 Å². The van der Waals surface area contributed by atoms with Gasteiger partial charge in [-0.15, -0.1) is 0 Å². The molecule has 0 atom stereocenters. The largest absolute Gasteiger partial charge is 0.371 e. The van der Waals surface area contributed by atoms with Crippen LogP contribution in [0.2, 0.25) is 0 Å². The van der Waals surface area contributed by atoms with Crippen molar-refractivity contribution in [2.75, 3.05) is 0 Å². The van der Waals surface area contributed by atoms with Gasteiger partial charge in [0.2, 0.25) is 0 Å². The van der Waals surface area contributed by atoms with E-state index in [1.807, 2.05) is 20.8 Å². The Bertz CT molecular complexity index is 388.